The highest BCUT2D eigenvalue weighted by molar-refractivity contribution is 6.37. The second-order valence-corrected chi connectivity index (χ2v) is 11.2. The second kappa shape index (κ2) is 11.8. The molecule has 38 heavy (non-hydrogen) atoms. The van der Waals surface area contributed by atoms with Crippen LogP contribution < -0.4 is 14.8 Å². The molecule has 10 heteroatoms. The summed E-state index contributed by atoms with van der Waals surface area (Å²) < 4.78 is 11.5. The fraction of sp³-hybridized carbons (Fsp3) is 0.429. The van der Waals surface area contributed by atoms with Crippen LogP contribution in [0.3, 0.4) is 0 Å². The minimum Gasteiger partial charge on any atom is -0.497 e. The van der Waals surface area contributed by atoms with Crippen LogP contribution >= 0.6 is 35.6 Å². The van der Waals surface area contributed by atoms with Crippen molar-refractivity contribution < 1.29 is 9.47 Å². The number of aromatic nitrogens is 2. The van der Waals surface area contributed by atoms with Gasteiger partial charge in [-0.1, -0.05) is 43.1 Å². The standard InChI is InChI=1S/C28H33Cl2N5O2.ClH/c1-28(2)16-18-17-31-27(33-25(18)21-15-20(36-4)5-6-22(21)28)32-19-13-23(29)26(24(30)14-19)37-12-11-35-9-7-34(3)8-10-35;/h5-6,13-15,17H,7-12,16H2,1-4H3,(H,31,32,33);1H. The molecule has 0 amide bonds. The van der Waals surface area contributed by atoms with Crippen LogP contribution in [0.25, 0.3) is 11.3 Å². The normalized spacial score (nSPS) is 16.7. The number of rotatable bonds is 7. The molecule has 7 nitrogen and oxygen atoms in total. The molecule has 2 aliphatic rings. The maximum absolute atomic E-state index is 6.56. The number of benzene rings is 2. The summed E-state index contributed by atoms with van der Waals surface area (Å²) in [5, 5.41) is 4.16. The monoisotopic (exact) mass is 577 g/mol. The van der Waals surface area contributed by atoms with E-state index in [1.165, 1.54) is 5.56 Å². The van der Waals surface area contributed by atoms with Gasteiger partial charge in [0.15, 0.2) is 5.75 Å². The van der Waals surface area contributed by atoms with E-state index in [1.807, 2.05) is 18.3 Å². The highest BCUT2D eigenvalue weighted by Crippen LogP contribution is 2.44. The van der Waals surface area contributed by atoms with E-state index in [4.69, 9.17) is 37.7 Å². The molecule has 0 bridgehead atoms. The van der Waals surface area contributed by atoms with Gasteiger partial charge in [-0.15, -0.1) is 12.4 Å². The van der Waals surface area contributed by atoms with E-state index in [-0.39, 0.29) is 17.8 Å². The molecule has 1 N–H and O–H groups in total. The highest BCUT2D eigenvalue weighted by atomic mass is 35.5. The SMILES string of the molecule is COc1ccc2c(c1)-c1nc(Nc3cc(Cl)c(OCCN4CCN(C)CC4)c(Cl)c3)ncc1CC2(C)C.Cl. The van der Waals surface area contributed by atoms with Crippen molar-refractivity contribution in [3.05, 3.63) is 57.7 Å². The Labute approximate surface area is 240 Å². The lowest BCUT2D eigenvalue weighted by atomic mass is 9.72. The average molecular weight is 579 g/mol. The van der Waals surface area contributed by atoms with Gasteiger partial charge < -0.3 is 19.7 Å². The summed E-state index contributed by atoms with van der Waals surface area (Å²) in [5.74, 6) is 1.78. The molecule has 0 radical (unpaired) electrons. The van der Waals surface area contributed by atoms with Crippen molar-refractivity contribution in [2.24, 2.45) is 0 Å². The predicted octanol–water partition coefficient (Wildman–Crippen LogP) is 6.08. The minimum atomic E-state index is -0.0197. The summed E-state index contributed by atoms with van der Waals surface area (Å²) in [7, 11) is 3.83. The van der Waals surface area contributed by atoms with E-state index in [0.29, 0.717) is 34.0 Å². The third kappa shape index (κ3) is 6.13. The molecule has 3 aromatic rings. The van der Waals surface area contributed by atoms with E-state index >= 15 is 0 Å². The zero-order chi connectivity index (χ0) is 26.2. The topological polar surface area (TPSA) is 62.8 Å². The highest BCUT2D eigenvalue weighted by Gasteiger charge is 2.32. The zero-order valence-corrected chi connectivity index (χ0v) is 24.5. The van der Waals surface area contributed by atoms with E-state index in [9.17, 15) is 0 Å². The van der Waals surface area contributed by atoms with Gasteiger partial charge in [-0.3, -0.25) is 4.90 Å². The Morgan fingerprint density at radius 1 is 1.05 bits per heavy atom. The quantitative estimate of drug-likeness (QED) is 0.364. The first-order chi connectivity index (χ1) is 17.7. The van der Waals surface area contributed by atoms with Gasteiger partial charge >= 0.3 is 0 Å². The summed E-state index contributed by atoms with van der Waals surface area (Å²) in [6.07, 6.45) is 2.76. The molecular formula is C28H34Cl3N5O2. The van der Waals surface area contributed by atoms with E-state index < -0.39 is 0 Å². The number of piperazine rings is 1. The number of hydrogen-bond acceptors (Lipinski definition) is 7. The van der Waals surface area contributed by atoms with Gasteiger partial charge in [0, 0.05) is 50.2 Å². The van der Waals surface area contributed by atoms with Crippen molar-refractivity contribution in [2.75, 3.05) is 58.8 Å². The fourth-order valence-electron chi connectivity index (χ4n) is 5.08. The molecule has 1 aliphatic carbocycles. The van der Waals surface area contributed by atoms with Gasteiger partial charge in [-0.05, 0) is 54.3 Å². The van der Waals surface area contributed by atoms with Crippen molar-refractivity contribution in [2.45, 2.75) is 25.7 Å². The van der Waals surface area contributed by atoms with Gasteiger partial charge in [0.25, 0.3) is 0 Å². The zero-order valence-electron chi connectivity index (χ0n) is 22.2. The third-order valence-electron chi connectivity index (χ3n) is 7.21. The molecule has 1 fully saturated rings. The van der Waals surface area contributed by atoms with E-state index in [1.54, 1.807) is 19.2 Å². The molecule has 2 aromatic carbocycles. The van der Waals surface area contributed by atoms with Crippen LogP contribution in [0.1, 0.15) is 25.0 Å². The summed E-state index contributed by atoms with van der Waals surface area (Å²) in [4.78, 5) is 14.2. The number of methoxy groups -OCH3 is 1. The number of nitrogens with one attached hydrogen (secondary N) is 1. The van der Waals surface area contributed by atoms with Gasteiger partial charge in [0.2, 0.25) is 5.95 Å². The van der Waals surface area contributed by atoms with Crippen LogP contribution in [-0.4, -0.2) is 73.3 Å². The third-order valence-corrected chi connectivity index (χ3v) is 7.77. The molecule has 0 saturated carbocycles. The van der Waals surface area contributed by atoms with Crippen LogP contribution in [0.4, 0.5) is 11.6 Å². The Bertz CT molecular complexity index is 1270. The Morgan fingerprint density at radius 2 is 1.76 bits per heavy atom. The summed E-state index contributed by atoms with van der Waals surface area (Å²) in [6, 6.07) is 9.77. The largest absolute Gasteiger partial charge is 0.497 e. The average Bonchev–Trinajstić information content (AvgIpc) is 2.87. The van der Waals surface area contributed by atoms with Crippen LogP contribution in [-0.2, 0) is 11.8 Å². The molecule has 1 aromatic heterocycles. The van der Waals surface area contributed by atoms with Gasteiger partial charge in [-0.2, -0.15) is 0 Å². The molecule has 2 heterocycles. The Kier molecular flexibility index (Phi) is 8.95. The van der Waals surface area contributed by atoms with Gasteiger partial charge in [-0.25, -0.2) is 9.97 Å². The van der Waals surface area contributed by atoms with Crippen molar-refractivity contribution in [3.8, 4) is 22.8 Å². The van der Waals surface area contributed by atoms with Crippen molar-refractivity contribution >= 4 is 47.2 Å². The molecule has 1 aliphatic heterocycles. The van der Waals surface area contributed by atoms with Crippen molar-refractivity contribution in [3.63, 3.8) is 0 Å². The molecular weight excluding hydrogens is 545 g/mol. The summed E-state index contributed by atoms with van der Waals surface area (Å²) >= 11 is 13.1. The minimum absolute atomic E-state index is 0. The number of anilines is 2. The van der Waals surface area contributed by atoms with Crippen molar-refractivity contribution in [1.82, 2.24) is 19.8 Å². The fourth-order valence-corrected chi connectivity index (χ4v) is 5.68. The van der Waals surface area contributed by atoms with E-state index in [2.05, 4.69) is 47.1 Å². The molecule has 1 saturated heterocycles. The van der Waals surface area contributed by atoms with Crippen molar-refractivity contribution in [1.29, 1.82) is 0 Å². The van der Waals surface area contributed by atoms with Gasteiger partial charge in [0.1, 0.15) is 12.4 Å². The lowest BCUT2D eigenvalue weighted by Gasteiger charge is -2.33. The van der Waals surface area contributed by atoms with Gasteiger partial charge in [0.05, 0.1) is 22.8 Å². The number of likely N-dealkylation sites (N-methyl/N-ethyl adjacent to an activating group) is 1. The maximum atomic E-state index is 6.56. The van der Waals surface area contributed by atoms with E-state index in [0.717, 1.165) is 61.7 Å². The Hall–Kier alpha value is -2.29. The van der Waals surface area contributed by atoms with Crippen LogP contribution in [0.5, 0.6) is 11.5 Å². The molecule has 204 valence electrons. The number of halogens is 3. The second-order valence-electron chi connectivity index (χ2n) is 10.4. The number of fused-ring (bicyclic) bond motifs is 3. The molecule has 0 unspecified atom stereocenters. The number of nitrogens with zero attached hydrogens (tertiary/aromatic N) is 4. The maximum Gasteiger partial charge on any atom is 0.227 e. The van der Waals surface area contributed by atoms with Crippen LogP contribution in [0.15, 0.2) is 36.5 Å². The smallest absolute Gasteiger partial charge is 0.227 e. The van der Waals surface area contributed by atoms with Crippen LogP contribution in [0.2, 0.25) is 10.0 Å². The molecule has 5 rings (SSSR count). The number of hydrogen-bond donors (Lipinski definition) is 1. The molecule has 0 atom stereocenters. The summed E-state index contributed by atoms with van der Waals surface area (Å²) in [5.41, 5.74) is 5.01. The van der Waals surface area contributed by atoms with Crippen LogP contribution in [0, 0.1) is 0 Å². The Morgan fingerprint density at radius 3 is 2.45 bits per heavy atom. The first-order valence-corrected chi connectivity index (χ1v) is 13.3. The number of ether oxygens (including phenoxy) is 2. The molecule has 0 spiro atoms. The Balaban J connectivity index is 0.00000336. The predicted molar refractivity (Wildman–Crippen MR) is 157 cm³/mol. The lowest BCUT2D eigenvalue weighted by Crippen LogP contribution is -2.45. The lowest BCUT2D eigenvalue weighted by molar-refractivity contribution is 0.134. The first-order valence-electron chi connectivity index (χ1n) is 12.6. The summed E-state index contributed by atoms with van der Waals surface area (Å²) in [6.45, 7) is 10.1. The first kappa shape index (κ1) is 28.7.